The Morgan fingerprint density at radius 1 is 1.03 bits per heavy atom. The highest BCUT2D eigenvalue weighted by molar-refractivity contribution is 7.92. The number of fused-ring (bicyclic) bond motifs is 2. The van der Waals surface area contributed by atoms with Gasteiger partial charge in [0.2, 0.25) is 15.9 Å². The summed E-state index contributed by atoms with van der Waals surface area (Å²) < 4.78 is 28.8. The van der Waals surface area contributed by atoms with Gasteiger partial charge in [-0.25, -0.2) is 12.9 Å². The molecule has 0 saturated heterocycles. The van der Waals surface area contributed by atoms with Crippen LogP contribution in [0.4, 0.5) is 5.69 Å². The Balaban J connectivity index is 1.33. The third kappa shape index (κ3) is 4.55. The maximum Gasteiger partial charge on any atom is 0.234 e. The van der Waals surface area contributed by atoms with E-state index in [2.05, 4.69) is 15.1 Å². The maximum absolute atomic E-state index is 12.3. The molecule has 2 heterocycles. The zero-order valence-corrected chi connectivity index (χ0v) is 16.4. The highest BCUT2D eigenvalue weighted by atomic mass is 32.2. The standard InChI is InChI=1S/C21H20N4O3S/c26-21(14-17-6-3-5-16-4-1-2-7-20(16)17)22-11-13-29(27,28)24-18-9-12-25-19(15-18)8-10-23-25/h1-10,12,15,24H,11,13-14H2,(H,22,26). The Labute approximate surface area is 168 Å². The van der Waals surface area contributed by atoms with Crippen LogP contribution in [0.3, 0.4) is 0 Å². The van der Waals surface area contributed by atoms with Crippen molar-refractivity contribution in [1.29, 1.82) is 0 Å². The number of benzene rings is 2. The van der Waals surface area contributed by atoms with E-state index in [4.69, 9.17) is 0 Å². The van der Waals surface area contributed by atoms with Crippen molar-refractivity contribution in [3.8, 4) is 0 Å². The lowest BCUT2D eigenvalue weighted by Crippen LogP contribution is -2.32. The van der Waals surface area contributed by atoms with Crippen molar-refractivity contribution >= 4 is 37.9 Å². The monoisotopic (exact) mass is 408 g/mol. The third-order valence-corrected chi connectivity index (χ3v) is 5.89. The first-order valence-electron chi connectivity index (χ1n) is 9.17. The van der Waals surface area contributed by atoms with Crippen LogP contribution in [-0.4, -0.2) is 36.2 Å². The van der Waals surface area contributed by atoms with Crippen LogP contribution >= 0.6 is 0 Å². The number of nitrogens with zero attached hydrogens (tertiary/aromatic N) is 2. The van der Waals surface area contributed by atoms with E-state index in [1.165, 1.54) is 0 Å². The van der Waals surface area contributed by atoms with Gasteiger partial charge >= 0.3 is 0 Å². The van der Waals surface area contributed by atoms with Gasteiger partial charge in [-0.1, -0.05) is 42.5 Å². The molecule has 0 unspecified atom stereocenters. The van der Waals surface area contributed by atoms with Crippen LogP contribution in [0, 0.1) is 0 Å². The number of carbonyl (C=O) groups is 1. The van der Waals surface area contributed by atoms with E-state index in [0.717, 1.165) is 21.9 Å². The van der Waals surface area contributed by atoms with Crippen LogP contribution in [0.2, 0.25) is 0 Å². The molecule has 0 bridgehead atoms. The number of pyridine rings is 1. The quantitative estimate of drug-likeness (QED) is 0.492. The average Bonchev–Trinajstić information content (AvgIpc) is 3.15. The SMILES string of the molecule is O=C(Cc1cccc2ccccc12)NCCS(=O)(=O)Nc1ccn2nccc2c1. The molecule has 1 amide bonds. The molecule has 2 aromatic carbocycles. The summed E-state index contributed by atoms with van der Waals surface area (Å²) >= 11 is 0. The zero-order chi connectivity index (χ0) is 20.3. The number of hydrogen-bond acceptors (Lipinski definition) is 4. The van der Waals surface area contributed by atoms with Crippen LogP contribution in [-0.2, 0) is 21.2 Å². The third-order valence-electron chi connectivity index (χ3n) is 4.60. The Morgan fingerprint density at radius 3 is 2.76 bits per heavy atom. The largest absolute Gasteiger partial charge is 0.355 e. The summed E-state index contributed by atoms with van der Waals surface area (Å²) in [6, 6.07) is 18.8. The molecule has 4 rings (SSSR count). The molecule has 8 heteroatoms. The molecule has 148 valence electrons. The lowest BCUT2D eigenvalue weighted by Gasteiger charge is -2.10. The predicted octanol–water partition coefficient (Wildman–Crippen LogP) is 2.59. The van der Waals surface area contributed by atoms with Crippen molar-refractivity contribution in [2.75, 3.05) is 17.0 Å². The van der Waals surface area contributed by atoms with Crippen LogP contribution in [0.5, 0.6) is 0 Å². The van der Waals surface area contributed by atoms with Crippen molar-refractivity contribution in [2.45, 2.75) is 6.42 Å². The molecule has 0 saturated carbocycles. The molecular formula is C21H20N4O3S. The van der Waals surface area contributed by atoms with Crippen LogP contribution < -0.4 is 10.0 Å². The summed E-state index contributed by atoms with van der Waals surface area (Å²) in [5.41, 5.74) is 2.16. The topological polar surface area (TPSA) is 92.6 Å². The van der Waals surface area contributed by atoms with E-state index in [1.807, 2.05) is 42.5 Å². The molecular weight excluding hydrogens is 388 g/mol. The molecule has 0 radical (unpaired) electrons. The first-order chi connectivity index (χ1) is 14.0. The van der Waals surface area contributed by atoms with E-state index in [9.17, 15) is 13.2 Å². The van der Waals surface area contributed by atoms with E-state index in [0.29, 0.717) is 5.69 Å². The van der Waals surface area contributed by atoms with Gasteiger partial charge in [0.05, 0.1) is 23.4 Å². The molecule has 7 nitrogen and oxygen atoms in total. The summed E-state index contributed by atoms with van der Waals surface area (Å²) in [6.07, 6.45) is 3.52. The van der Waals surface area contributed by atoms with Gasteiger partial charge in [-0.3, -0.25) is 9.52 Å². The lowest BCUT2D eigenvalue weighted by molar-refractivity contribution is -0.120. The van der Waals surface area contributed by atoms with E-state index in [-0.39, 0.29) is 24.6 Å². The minimum Gasteiger partial charge on any atom is -0.355 e. The predicted molar refractivity (Wildman–Crippen MR) is 113 cm³/mol. The van der Waals surface area contributed by atoms with E-state index in [1.54, 1.807) is 35.1 Å². The highest BCUT2D eigenvalue weighted by Gasteiger charge is 2.13. The molecule has 0 aliphatic carbocycles. The minimum atomic E-state index is -3.58. The molecule has 0 aliphatic rings. The molecule has 0 fully saturated rings. The smallest absolute Gasteiger partial charge is 0.234 e. The van der Waals surface area contributed by atoms with Crippen LogP contribution in [0.15, 0.2) is 73.1 Å². The number of sulfonamides is 1. The fourth-order valence-corrected chi connectivity index (χ4v) is 4.18. The fourth-order valence-electron chi connectivity index (χ4n) is 3.22. The van der Waals surface area contributed by atoms with Crippen molar-refractivity contribution in [3.63, 3.8) is 0 Å². The van der Waals surface area contributed by atoms with Crippen molar-refractivity contribution in [3.05, 3.63) is 78.6 Å². The molecule has 4 aromatic rings. The number of aromatic nitrogens is 2. The van der Waals surface area contributed by atoms with Gasteiger partial charge in [-0.05, 0) is 34.5 Å². The molecule has 0 spiro atoms. The fraction of sp³-hybridized carbons (Fsp3) is 0.143. The van der Waals surface area contributed by atoms with Gasteiger partial charge in [0.1, 0.15) is 0 Å². The lowest BCUT2D eigenvalue weighted by atomic mass is 10.0. The van der Waals surface area contributed by atoms with Crippen molar-refractivity contribution in [1.82, 2.24) is 14.9 Å². The van der Waals surface area contributed by atoms with E-state index >= 15 is 0 Å². The molecule has 2 aromatic heterocycles. The molecule has 0 aliphatic heterocycles. The summed E-state index contributed by atoms with van der Waals surface area (Å²) in [5.74, 6) is -0.420. The van der Waals surface area contributed by atoms with Gasteiger partial charge < -0.3 is 5.32 Å². The number of anilines is 1. The molecule has 29 heavy (non-hydrogen) atoms. The number of amides is 1. The number of hydrogen-bond donors (Lipinski definition) is 2. The van der Waals surface area contributed by atoms with Crippen molar-refractivity contribution in [2.24, 2.45) is 0 Å². The summed E-state index contributed by atoms with van der Waals surface area (Å²) in [6.45, 7) is 0.0356. The van der Waals surface area contributed by atoms with Crippen molar-refractivity contribution < 1.29 is 13.2 Å². The first-order valence-corrected chi connectivity index (χ1v) is 10.8. The first kappa shape index (κ1) is 18.9. The summed E-state index contributed by atoms with van der Waals surface area (Å²) in [7, 11) is -3.58. The average molecular weight is 408 g/mol. The summed E-state index contributed by atoms with van der Waals surface area (Å²) in [5, 5.41) is 8.85. The normalized spacial score (nSPS) is 11.6. The Hall–Kier alpha value is -3.39. The minimum absolute atomic E-state index is 0.0356. The van der Waals surface area contributed by atoms with Gasteiger partial charge in [0, 0.05) is 18.9 Å². The van der Waals surface area contributed by atoms with E-state index < -0.39 is 10.0 Å². The second kappa shape index (κ2) is 7.92. The molecule has 2 N–H and O–H groups in total. The van der Waals surface area contributed by atoms with Gasteiger partial charge in [0.15, 0.2) is 0 Å². The Morgan fingerprint density at radius 2 is 1.86 bits per heavy atom. The second-order valence-corrected chi connectivity index (χ2v) is 8.54. The molecule has 0 atom stereocenters. The van der Waals surface area contributed by atoms with Crippen LogP contribution in [0.1, 0.15) is 5.56 Å². The number of nitrogens with one attached hydrogen (secondary N) is 2. The van der Waals surface area contributed by atoms with Crippen LogP contribution in [0.25, 0.3) is 16.3 Å². The van der Waals surface area contributed by atoms with Gasteiger partial charge in [-0.2, -0.15) is 5.10 Å². The van der Waals surface area contributed by atoms with Gasteiger partial charge in [0.25, 0.3) is 0 Å². The summed E-state index contributed by atoms with van der Waals surface area (Å²) in [4.78, 5) is 12.3. The Bertz CT molecular complexity index is 1280. The maximum atomic E-state index is 12.3. The zero-order valence-electron chi connectivity index (χ0n) is 15.6. The second-order valence-electron chi connectivity index (χ2n) is 6.70. The Kier molecular flexibility index (Phi) is 5.18. The van der Waals surface area contributed by atoms with Gasteiger partial charge in [-0.15, -0.1) is 0 Å². The highest BCUT2D eigenvalue weighted by Crippen LogP contribution is 2.19. The number of carbonyl (C=O) groups excluding carboxylic acids is 1. The number of rotatable bonds is 7.